The summed E-state index contributed by atoms with van der Waals surface area (Å²) in [6.07, 6.45) is 0. The molecule has 0 unspecified atom stereocenters. The predicted octanol–water partition coefficient (Wildman–Crippen LogP) is 12.7. The van der Waals surface area contributed by atoms with E-state index >= 15 is 0 Å². The van der Waals surface area contributed by atoms with E-state index in [0.29, 0.717) is 0 Å². The van der Waals surface area contributed by atoms with Crippen molar-refractivity contribution in [3.05, 3.63) is 176 Å². The molecule has 0 saturated carbocycles. The maximum atomic E-state index is 2.42. The maximum Gasteiger partial charge on any atom is 0.0541 e. The van der Waals surface area contributed by atoms with E-state index in [9.17, 15) is 0 Å². The lowest BCUT2D eigenvalue weighted by Gasteiger charge is -2.14. The fraction of sp³-hybridized carbons (Fsp3) is 0. The van der Waals surface area contributed by atoms with Crippen molar-refractivity contribution in [2.45, 2.75) is 0 Å². The maximum absolute atomic E-state index is 2.42. The van der Waals surface area contributed by atoms with E-state index in [4.69, 9.17) is 0 Å². The van der Waals surface area contributed by atoms with Crippen LogP contribution in [0.4, 0.5) is 0 Å². The van der Waals surface area contributed by atoms with E-state index in [-0.39, 0.29) is 0 Å². The topological polar surface area (TPSA) is 4.93 Å². The van der Waals surface area contributed by atoms with Crippen LogP contribution in [0, 0.1) is 0 Å². The van der Waals surface area contributed by atoms with Crippen molar-refractivity contribution in [3.63, 3.8) is 0 Å². The van der Waals surface area contributed by atoms with Gasteiger partial charge in [0.2, 0.25) is 0 Å². The summed E-state index contributed by atoms with van der Waals surface area (Å²) in [5.41, 5.74) is 8.54. The van der Waals surface area contributed by atoms with Crippen molar-refractivity contribution in [3.8, 4) is 27.9 Å². The van der Waals surface area contributed by atoms with Crippen LogP contribution in [0.2, 0.25) is 0 Å². The fourth-order valence-electron chi connectivity index (χ4n) is 7.78. The lowest BCUT2D eigenvalue weighted by Crippen LogP contribution is -1.94. The highest BCUT2D eigenvalue weighted by Gasteiger charge is 2.15. The molecular formula is C46H29N. The van der Waals surface area contributed by atoms with Gasteiger partial charge in [0.05, 0.1) is 11.0 Å². The van der Waals surface area contributed by atoms with Crippen LogP contribution in [0.1, 0.15) is 0 Å². The third-order valence-electron chi connectivity index (χ3n) is 9.96. The Bertz CT molecular complexity index is 2820. The number of hydrogen-bond donors (Lipinski definition) is 0. The number of fused-ring (bicyclic) bond motifs is 10. The van der Waals surface area contributed by atoms with Gasteiger partial charge in [-0.15, -0.1) is 0 Å². The monoisotopic (exact) mass is 595 g/mol. The molecule has 218 valence electrons. The molecule has 0 atom stereocenters. The molecule has 0 fully saturated rings. The molecule has 0 aliphatic carbocycles. The second-order valence-electron chi connectivity index (χ2n) is 12.5. The van der Waals surface area contributed by atoms with Crippen LogP contribution in [-0.2, 0) is 0 Å². The highest BCUT2D eigenvalue weighted by molar-refractivity contribution is 6.27. The first-order valence-electron chi connectivity index (χ1n) is 16.3. The summed E-state index contributed by atoms with van der Waals surface area (Å²) < 4.78 is 2.40. The first-order chi connectivity index (χ1) is 23.3. The summed E-state index contributed by atoms with van der Waals surface area (Å²) in [5, 5.41) is 12.9. The number of para-hydroxylation sites is 1. The Morgan fingerprint density at radius 2 is 0.851 bits per heavy atom. The standard InChI is InChI=1S/C46H29N/c1-2-11-30(12-3-1)32-23-26-46-44(27-32)40-18-8-9-20-45(40)47(46)34-24-21-31(22-25-34)35-19-10-13-33-28-42-38-16-6-4-14-36(38)37-15-5-7-17-39(37)43(42)29-41(33)35/h1-29H. The molecule has 0 saturated heterocycles. The van der Waals surface area contributed by atoms with Crippen molar-refractivity contribution < 1.29 is 0 Å². The molecule has 0 N–H and O–H groups in total. The molecule has 1 heterocycles. The van der Waals surface area contributed by atoms with Crippen molar-refractivity contribution in [1.29, 1.82) is 0 Å². The smallest absolute Gasteiger partial charge is 0.0541 e. The molecule has 0 radical (unpaired) electrons. The zero-order valence-electron chi connectivity index (χ0n) is 25.7. The van der Waals surface area contributed by atoms with E-state index in [0.717, 1.165) is 5.69 Å². The van der Waals surface area contributed by atoms with Gasteiger partial charge in [0, 0.05) is 16.5 Å². The van der Waals surface area contributed by atoms with Gasteiger partial charge in [0.25, 0.3) is 0 Å². The second-order valence-corrected chi connectivity index (χ2v) is 12.5. The highest BCUT2D eigenvalue weighted by atomic mass is 15.0. The molecule has 10 aromatic rings. The van der Waals surface area contributed by atoms with Crippen LogP contribution in [0.3, 0.4) is 0 Å². The summed E-state index contributed by atoms with van der Waals surface area (Å²) in [6, 6.07) is 64.5. The Morgan fingerprint density at radius 3 is 1.57 bits per heavy atom. The lowest BCUT2D eigenvalue weighted by atomic mass is 9.90. The minimum Gasteiger partial charge on any atom is -0.309 e. The van der Waals surface area contributed by atoms with Gasteiger partial charge in [-0.1, -0.05) is 133 Å². The van der Waals surface area contributed by atoms with Gasteiger partial charge in [0.1, 0.15) is 0 Å². The third-order valence-corrected chi connectivity index (χ3v) is 9.96. The summed E-state index contributed by atoms with van der Waals surface area (Å²) in [6.45, 7) is 0. The van der Waals surface area contributed by atoms with Crippen LogP contribution in [0.15, 0.2) is 176 Å². The van der Waals surface area contributed by atoms with Gasteiger partial charge < -0.3 is 4.57 Å². The zero-order chi connectivity index (χ0) is 30.9. The minimum atomic E-state index is 1.16. The molecule has 10 rings (SSSR count). The predicted molar refractivity (Wildman–Crippen MR) is 202 cm³/mol. The first-order valence-corrected chi connectivity index (χ1v) is 16.3. The molecule has 47 heavy (non-hydrogen) atoms. The fourth-order valence-corrected chi connectivity index (χ4v) is 7.78. The summed E-state index contributed by atoms with van der Waals surface area (Å²) in [4.78, 5) is 0. The van der Waals surface area contributed by atoms with E-state index in [1.807, 2.05) is 0 Å². The highest BCUT2D eigenvalue weighted by Crippen LogP contribution is 2.40. The number of benzene rings is 9. The summed E-state index contributed by atoms with van der Waals surface area (Å²) in [7, 11) is 0. The zero-order valence-corrected chi connectivity index (χ0v) is 25.7. The number of nitrogens with zero attached hydrogens (tertiary/aromatic N) is 1. The quantitative estimate of drug-likeness (QED) is 0.141. The first kappa shape index (κ1) is 26.1. The van der Waals surface area contributed by atoms with Gasteiger partial charge in [-0.25, -0.2) is 0 Å². The molecule has 0 aliphatic heterocycles. The van der Waals surface area contributed by atoms with Crippen molar-refractivity contribution >= 4 is 64.9 Å². The minimum absolute atomic E-state index is 1.16. The van der Waals surface area contributed by atoms with Gasteiger partial charge in [-0.05, 0) is 108 Å². The molecule has 1 heteroatoms. The van der Waals surface area contributed by atoms with Crippen LogP contribution >= 0.6 is 0 Å². The lowest BCUT2D eigenvalue weighted by molar-refractivity contribution is 1.18. The van der Waals surface area contributed by atoms with Gasteiger partial charge in [-0.3, -0.25) is 0 Å². The Morgan fingerprint density at radius 1 is 0.277 bits per heavy atom. The van der Waals surface area contributed by atoms with Crippen LogP contribution in [-0.4, -0.2) is 4.57 Å². The number of hydrogen-bond acceptors (Lipinski definition) is 0. The van der Waals surface area contributed by atoms with E-state index in [1.165, 1.54) is 87.1 Å². The third kappa shape index (κ3) is 3.97. The van der Waals surface area contributed by atoms with Crippen molar-refractivity contribution in [2.24, 2.45) is 0 Å². The largest absolute Gasteiger partial charge is 0.309 e. The average molecular weight is 596 g/mol. The normalized spacial score (nSPS) is 11.8. The molecule has 0 aliphatic rings. The van der Waals surface area contributed by atoms with Gasteiger partial charge >= 0.3 is 0 Å². The van der Waals surface area contributed by atoms with Gasteiger partial charge in [-0.2, -0.15) is 0 Å². The van der Waals surface area contributed by atoms with Crippen LogP contribution in [0.25, 0.3) is 92.8 Å². The number of rotatable bonds is 3. The van der Waals surface area contributed by atoms with Crippen molar-refractivity contribution in [1.82, 2.24) is 4.57 Å². The van der Waals surface area contributed by atoms with Crippen LogP contribution in [0.5, 0.6) is 0 Å². The number of aromatic nitrogens is 1. The summed E-state index contributed by atoms with van der Waals surface area (Å²) in [5.74, 6) is 0. The molecule has 0 amide bonds. The summed E-state index contributed by atoms with van der Waals surface area (Å²) >= 11 is 0. The van der Waals surface area contributed by atoms with Crippen molar-refractivity contribution in [2.75, 3.05) is 0 Å². The SMILES string of the molecule is c1ccc(-c2ccc3c(c2)c2ccccc2n3-c2ccc(-c3cccc4cc5c6ccccc6c6ccccc6c5cc34)cc2)cc1. The Hall–Kier alpha value is -6.18. The molecule has 1 aromatic heterocycles. The Kier molecular flexibility index (Phi) is 5.64. The molecular weight excluding hydrogens is 567 g/mol. The molecule has 1 nitrogen and oxygen atoms in total. The van der Waals surface area contributed by atoms with Gasteiger partial charge in [0.15, 0.2) is 0 Å². The molecule has 9 aromatic carbocycles. The molecule has 0 spiro atoms. The average Bonchev–Trinajstić information content (AvgIpc) is 3.48. The van der Waals surface area contributed by atoms with E-state index < -0.39 is 0 Å². The Balaban J connectivity index is 1.14. The van der Waals surface area contributed by atoms with E-state index in [1.54, 1.807) is 0 Å². The van der Waals surface area contributed by atoms with E-state index in [2.05, 4.69) is 180 Å². The second kappa shape index (κ2) is 10.2. The molecule has 0 bridgehead atoms. The Labute approximate surface area is 272 Å². The van der Waals surface area contributed by atoms with Crippen LogP contribution < -0.4 is 0 Å².